The van der Waals surface area contributed by atoms with Crippen molar-refractivity contribution in [2.75, 3.05) is 17.8 Å². The van der Waals surface area contributed by atoms with Crippen LogP contribution in [0, 0.1) is 0 Å². The Labute approximate surface area is 116 Å². The topological polar surface area (TPSA) is 130 Å². The van der Waals surface area contributed by atoms with Crippen molar-refractivity contribution in [3.8, 4) is 0 Å². The SMILES string of the molecule is CS(=O)(=O)CCS(=O)(=O)NCc1cc(C(=O)O)ccn1. The van der Waals surface area contributed by atoms with Gasteiger partial charge in [-0.15, -0.1) is 0 Å². The Morgan fingerprint density at radius 3 is 2.50 bits per heavy atom. The van der Waals surface area contributed by atoms with Gasteiger partial charge in [-0.1, -0.05) is 0 Å². The van der Waals surface area contributed by atoms with Crippen molar-refractivity contribution in [2.24, 2.45) is 0 Å². The van der Waals surface area contributed by atoms with E-state index in [1.165, 1.54) is 18.3 Å². The number of nitrogens with zero attached hydrogens (tertiary/aromatic N) is 1. The Morgan fingerprint density at radius 2 is 1.95 bits per heavy atom. The van der Waals surface area contributed by atoms with Gasteiger partial charge in [0.2, 0.25) is 10.0 Å². The summed E-state index contributed by atoms with van der Waals surface area (Å²) in [5.41, 5.74) is 0.221. The minimum atomic E-state index is -3.76. The zero-order chi connectivity index (χ0) is 15.4. The van der Waals surface area contributed by atoms with Crippen LogP contribution in [0.2, 0.25) is 0 Å². The predicted molar refractivity (Wildman–Crippen MR) is 71.5 cm³/mol. The van der Waals surface area contributed by atoms with Crippen molar-refractivity contribution in [2.45, 2.75) is 6.54 Å². The highest BCUT2D eigenvalue weighted by molar-refractivity contribution is 7.93. The van der Waals surface area contributed by atoms with Crippen LogP contribution in [0.25, 0.3) is 0 Å². The quantitative estimate of drug-likeness (QED) is 0.675. The number of aromatic carboxylic acids is 1. The van der Waals surface area contributed by atoms with Gasteiger partial charge in [0.15, 0.2) is 0 Å². The van der Waals surface area contributed by atoms with Crippen molar-refractivity contribution in [1.29, 1.82) is 0 Å². The molecular weight excluding hydrogens is 308 g/mol. The van der Waals surface area contributed by atoms with Gasteiger partial charge in [0.25, 0.3) is 0 Å². The van der Waals surface area contributed by atoms with Crippen LogP contribution in [0.5, 0.6) is 0 Å². The third-order valence-corrected chi connectivity index (χ3v) is 4.79. The lowest BCUT2D eigenvalue weighted by Crippen LogP contribution is -2.29. The van der Waals surface area contributed by atoms with Gasteiger partial charge in [-0.2, -0.15) is 0 Å². The van der Waals surface area contributed by atoms with E-state index in [2.05, 4.69) is 9.71 Å². The number of sulfonamides is 1. The highest BCUT2D eigenvalue weighted by Gasteiger charge is 2.14. The van der Waals surface area contributed by atoms with Crippen LogP contribution >= 0.6 is 0 Å². The maximum Gasteiger partial charge on any atom is 0.335 e. The third kappa shape index (κ3) is 6.08. The molecule has 1 aromatic heterocycles. The van der Waals surface area contributed by atoms with Crippen molar-refractivity contribution < 1.29 is 26.7 Å². The van der Waals surface area contributed by atoms with E-state index in [0.717, 1.165) is 6.26 Å². The van der Waals surface area contributed by atoms with E-state index in [1.807, 2.05) is 0 Å². The first-order chi connectivity index (χ1) is 9.09. The van der Waals surface area contributed by atoms with E-state index >= 15 is 0 Å². The lowest BCUT2D eigenvalue weighted by atomic mass is 10.2. The molecule has 112 valence electrons. The van der Waals surface area contributed by atoms with Crippen LogP contribution in [-0.4, -0.2) is 50.7 Å². The maximum atomic E-state index is 11.5. The zero-order valence-electron chi connectivity index (χ0n) is 10.6. The summed E-state index contributed by atoms with van der Waals surface area (Å²) in [6, 6.07) is 2.52. The minimum Gasteiger partial charge on any atom is -0.478 e. The van der Waals surface area contributed by atoms with Gasteiger partial charge in [0.1, 0.15) is 9.84 Å². The third-order valence-electron chi connectivity index (χ3n) is 2.26. The van der Waals surface area contributed by atoms with Crippen LogP contribution in [0.1, 0.15) is 16.1 Å². The first-order valence-corrected chi connectivity index (χ1v) is 9.14. The zero-order valence-corrected chi connectivity index (χ0v) is 12.2. The Bertz CT molecular complexity index is 696. The molecule has 0 bridgehead atoms. The molecule has 0 saturated heterocycles. The summed E-state index contributed by atoms with van der Waals surface area (Å²) >= 11 is 0. The molecule has 0 aliphatic carbocycles. The lowest BCUT2D eigenvalue weighted by Gasteiger charge is -2.06. The molecule has 0 saturated carbocycles. The van der Waals surface area contributed by atoms with Crippen LogP contribution in [0.15, 0.2) is 18.3 Å². The molecule has 0 amide bonds. The molecule has 0 spiro atoms. The lowest BCUT2D eigenvalue weighted by molar-refractivity contribution is 0.0696. The van der Waals surface area contributed by atoms with E-state index in [4.69, 9.17) is 5.11 Å². The molecule has 1 heterocycles. The number of carboxylic acid groups (broad SMARTS) is 1. The Morgan fingerprint density at radius 1 is 1.30 bits per heavy atom. The average Bonchev–Trinajstić information content (AvgIpc) is 2.34. The van der Waals surface area contributed by atoms with E-state index in [-0.39, 0.29) is 17.8 Å². The highest BCUT2D eigenvalue weighted by atomic mass is 32.2. The Hall–Kier alpha value is -1.52. The number of pyridine rings is 1. The van der Waals surface area contributed by atoms with Gasteiger partial charge in [-0.3, -0.25) is 4.98 Å². The number of aromatic nitrogens is 1. The number of nitrogens with one attached hydrogen (secondary N) is 1. The normalized spacial score (nSPS) is 12.2. The number of carbonyl (C=O) groups is 1. The second kappa shape index (κ2) is 6.29. The molecule has 1 aromatic rings. The van der Waals surface area contributed by atoms with Crippen LogP contribution in [0.4, 0.5) is 0 Å². The number of hydrogen-bond donors (Lipinski definition) is 2. The van der Waals surface area contributed by atoms with Gasteiger partial charge < -0.3 is 5.11 Å². The fraction of sp³-hybridized carbons (Fsp3) is 0.400. The van der Waals surface area contributed by atoms with E-state index in [9.17, 15) is 21.6 Å². The maximum absolute atomic E-state index is 11.5. The number of sulfone groups is 1. The summed E-state index contributed by atoms with van der Waals surface area (Å²) in [5.74, 6) is -2.18. The molecule has 0 radical (unpaired) electrons. The van der Waals surface area contributed by atoms with E-state index in [0.29, 0.717) is 0 Å². The van der Waals surface area contributed by atoms with Crippen molar-refractivity contribution in [1.82, 2.24) is 9.71 Å². The van der Waals surface area contributed by atoms with Crippen molar-refractivity contribution in [3.05, 3.63) is 29.6 Å². The Balaban J connectivity index is 2.67. The first-order valence-electron chi connectivity index (χ1n) is 5.42. The first kappa shape index (κ1) is 16.5. The molecule has 1 rings (SSSR count). The summed E-state index contributed by atoms with van der Waals surface area (Å²) in [5, 5.41) is 8.78. The summed E-state index contributed by atoms with van der Waals surface area (Å²) in [7, 11) is -7.13. The van der Waals surface area contributed by atoms with Gasteiger partial charge in [-0.05, 0) is 12.1 Å². The van der Waals surface area contributed by atoms with Crippen LogP contribution in [0.3, 0.4) is 0 Å². The molecule has 20 heavy (non-hydrogen) atoms. The number of carboxylic acids is 1. The molecule has 0 aliphatic heterocycles. The van der Waals surface area contributed by atoms with Crippen molar-refractivity contribution in [3.63, 3.8) is 0 Å². The van der Waals surface area contributed by atoms with E-state index < -0.39 is 37.3 Å². The molecule has 0 fully saturated rings. The molecule has 0 aromatic carbocycles. The summed E-state index contributed by atoms with van der Waals surface area (Å²) in [4.78, 5) is 14.6. The second-order valence-electron chi connectivity index (χ2n) is 4.11. The smallest absolute Gasteiger partial charge is 0.335 e. The molecule has 0 aliphatic rings. The monoisotopic (exact) mass is 322 g/mol. The molecule has 8 nitrogen and oxygen atoms in total. The summed E-state index contributed by atoms with van der Waals surface area (Å²) in [6.07, 6.45) is 2.20. The fourth-order valence-corrected chi connectivity index (χ4v) is 3.83. The van der Waals surface area contributed by atoms with Crippen LogP contribution < -0.4 is 4.72 Å². The predicted octanol–water partition coefficient (Wildman–Crippen LogP) is -0.756. The molecular formula is C10H14N2O6S2. The molecule has 0 atom stereocenters. The van der Waals surface area contributed by atoms with Gasteiger partial charge in [0, 0.05) is 12.5 Å². The summed E-state index contributed by atoms with van der Waals surface area (Å²) in [6.45, 7) is -0.201. The highest BCUT2D eigenvalue weighted by Crippen LogP contribution is 2.02. The van der Waals surface area contributed by atoms with Crippen LogP contribution in [-0.2, 0) is 26.4 Å². The van der Waals surface area contributed by atoms with E-state index in [1.54, 1.807) is 0 Å². The largest absolute Gasteiger partial charge is 0.478 e. The summed E-state index contributed by atoms with van der Waals surface area (Å²) < 4.78 is 47.1. The average molecular weight is 322 g/mol. The van der Waals surface area contributed by atoms with Gasteiger partial charge in [0.05, 0.1) is 29.3 Å². The standard InChI is InChI=1S/C10H14N2O6S2/c1-19(15,16)4-5-20(17,18)12-7-9-6-8(10(13)14)2-3-11-9/h2-3,6,12H,4-5,7H2,1H3,(H,13,14). The van der Waals surface area contributed by atoms with Gasteiger partial charge in [-0.25, -0.2) is 26.4 Å². The van der Waals surface area contributed by atoms with Crippen molar-refractivity contribution >= 4 is 25.8 Å². The Kier molecular flexibility index (Phi) is 5.20. The molecule has 0 unspecified atom stereocenters. The van der Waals surface area contributed by atoms with Gasteiger partial charge >= 0.3 is 5.97 Å². The minimum absolute atomic E-state index is 0.00895. The fourth-order valence-electron chi connectivity index (χ4n) is 1.23. The number of rotatable bonds is 7. The number of hydrogen-bond acceptors (Lipinski definition) is 6. The second-order valence-corrected chi connectivity index (χ2v) is 8.30. The molecule has 2 N–H and O–H groups in total. The molecule has 10 heteroatoms.